The molecule has 0 aliphatic rings. The van der Waals surface area contributed by atoms with Crippen molar-refractivity contribution >= 4 is 23.4 Å². The average Bonchev–Trinajstić information content (AvgIpc) is 2.38. The fourth-order valence-electron chi connectivity index (χ4n) is 1.28. The predicted molar refractivity (Wildman–Crippen MR) is 68.0 cm³/mol. The molecule has 9 nitrogen and oxygen atoms in total. The smallest absolute Gasteiger partial charge is 0.329 e. The Hall–Kier alpha value is -2.45. The summed E-state index contributed by atoms with van der Waals surface area (Å²) in [5, 5.41) is 16.2. The summed E-state index contributed by atoms with van der Waals surface area (Å²) in [6.07, 6.45) is 1.20. The minimum absolute atomic E-state index is 0.0636. The molecule has 1 rings (SSSR count). The summed E-state index contributed by atoms with van der Waals surface area (Å²) >= 11 is 0. The van der Waals surface area contributed by atoms with Crippen LogP contribution in [0.2, 0.25) is 0 Å². The van der Waals surface area contributed by atoms with Crippen molar-refractivity contribution in [1.82, 2.24) is 9.97 Å². The summed E-state index contributed by atoms with van der Waals surface area (Å²) in [4.78, 5) is 29.0. The topological polar surface area (TPSA) is 119 Å². The highest BCUT2D eigenvalue weighted by Gasteiger charge is 2.17. The third kappa shape index (κ3) is 4.37. The standard InChI is InChI=1S/C10H15N5O4/c1-3-19-8(16)4-5-12-9-7(15(17)18)6-13-10(11-2)14-9/h6H,3-5H2,1-2H3,(H2,11,12,13,14). The second-order valence-corrected chi connectivity index (χ2v) is 3.42. The molecule has 0 amide bonds. The first-order chi connectivity index (χ1) is 9.08. The van der Waals surface area contributed by atoms with E-state index < -0.39 is 4.92 Å². The molecule has 9 heteroatoms. The van der Waals surface area contributed by atoms with Gasteiger partial charge in [-0.1, -0.05) is 0 Å². The molecular formula is C10H15N5O4. The van der Waals surface area contributed by atoms with Crippen LogP contribution in [-0.4, -0.2) is 41.1 Å². The quantitative estimate of drug-likeness (QED) is 0.423. The zero-order valence-corrected chi connectivity index (χ0v) is 10.7. The molecule has 0 aliphatic carbocycles. The zero-order valence-electron chi connectivity index (χ0n) is 10.7. The van der Waals surface area contributed by atoms with Crippen LogP contribution >= 0.6 is 0 Å². The Morgan fingerprint density at radius 1 is 1.58 bits per heavy atom. The van der Waals surface area contributed by atoms with Crippen LogP contribution in [0.4, 0.5) is 17.5 Å². The van der Waals surface area contributed by atoms with Gasteiger partial charge in [0.15, 0.2) is 0 Å². The Labute approximate surface area is 109 Å². The number of nitro groups is 1. The third-order valence-electron chi connectivity index (χ3n) is 2.12. The van der Waals surface area contributed by atoms with Crippen LogP contribution in [0.25, 0.3) is 0 Å². The molecule has 19 heavy (non-hydrogen) atoms. The molecule has 0 saturated carbocycles. The van der Waals surface area contributed by atoms with Gasteiger partial charge in [-0.3, -0.25) is 14.9 Å². The number of anilines is 2. The van der Waals surface area contributed by atoms with Crippen molar-refractivity contribution in [3.8, 4) is 0 Å². The number of hydrogen-bond donors (Lipinski definition) is 2. The molecule has 0 unspecified atom stereocenters. The second-order valence-electron chi connectivity index (χ2n) is 3.42. The van der Waals surface area contributed by atoms with E-state index in [0.29, 0.717) is 6.61 Å². The fourth-order valence-corrected chi connectivity index (χ4v) is 1.28. The molecule has 0 radical (unpaired) electrons. The lowest BCUT2D eigenvalue weighted by Crippen LogP contribution is -2.13. The van der Waals surface area contributed by atoms with E-state index in [9.17, 15) is 14.9 Å². The summed E-state index contributed by atoms with van der Waals surface area (Å²) in [6, 6.07) is 0. The van der Waals surface area contributed by atoms with Crippen molar-refractivity contribution in [1.29, 1.82) is 0 Å². The van der Waals surface area contributed by atoms with Gasteiger partial charge in [-0.05, 0) is 6.92 Å². The number of carbonyl (C=O) groups is 1. The zero-order chi connectivity index (χ0) is 14.3. The molecule has 1 aromatic heterocycles. The minimum atomic E-state index is -0.591. The lowest BCUT2D eigenvalue weighted by Gasteiger charge is -2.07. The van der Waals surface area contributed by atoms with Gasteiger partial charge in [-0.15, -0.1) is 0 Å². The van der Waals surface area contributed by atoms with Crippen molar-refractivity contribution < 1.29 is 14.5 Å². The molecule has 0 saturated heterocycles. The summed E-state index contributed by atoms with van der Waals surface area (Å²) in [6.45, 7) is 2.20. The van der Waals surface area contributed by atoms with E-state index in [1.54, 1.807) is 14.0 Å². The Morgan fingerprint density at radius 2 is 2.32 bits per heavy atom. The SMILES string of the molecule is CCOC(=O)CCNc1nc(NC)ncc1[N+](=O)[O-]. The van der Waals surface area contributed by atoms with Gasteiger partial charge in [0.1, 0.15) is 6.20 Å². The van der Waals surface area contributed by atoms with Crippen molar-refractivity contribution in [2.75, 3.05) is 30.8 Å². The first-order valence-electron chi connectivity index (χ1n) is 5.67. The maximum Gasteiger partial charge on any atom is 0.329 e. The van der Waals surface area contributed by atoms with Crippen LogP contribution < -0.4 is 10.6 Å². The van der Waals surface area contributed by atoms with E-state index in [1.165, 1.54) is 0 Å². The monoisotopic (exact) mass is 269 g/mol. The van der Waals surface area contributed by atoms with Crippen LogP contribution in [-0.2, 0) is 9.53 Å². The molecule has 0 aliphatic heterocycles. The lowest BCUT2D eigenvalue weighted by atomic mass is 10.4. The van der Waals surface area contributed by atoms with Crippen LogP contribution in [0, 0.1) is 10.1 Å². The number of aromatic nitrogens is 2. The molecule has 0 aromatic carbocycles. The molecule has 0 fully saturated rings. The van der Waals surface area contributed by atoms with Crippen LogP contribution in [0.1, 0.15) is 13.3 Å². The molecule has 0 spiro atoms. The Balaban J connectivity index is 2.69. The first kappa shape index (κ1) is 14.6. The highest BCUT2D eigenvalue weighted by molar-refractivity contribution is 5.70. The van der Waals surface area contributed by atoms with Gasteiger partial charge in [-0.2, -0.15) is 4.98 Å². The van der Waals surface area contributed by atoms with E-state index in [4.69, 9.17) is 4.74 Å². The predicted octanol–water partition coefficient (Wildman–Crippen LogP) is 0.792. The van der Waals surface area contributed by atoms with Crippen LogP contribution in [0.5, 0.6) is 0 Å². The normalized spacial score (nSPS) is 9.79. The molecule has 0 bridgehead atoms. The number of esters is 1. The van der Waals surface area contributed by atoms with Crippen LogP contribution in [0.15, 0.2) is 6.20 Å². The average molecular weight is 269 g/mol. The van der Waals surface area contributed by atoms with Gasteiger partial charge in [0, 0.05) is 13.6 Å². The number of nitrogens with one attached hydrogen (secondary N) is 2. The first-order valence-corrected chi connectivity index (χ1v) is 5.67. The summed E-state index contributed by atoms with van der Waals surface area (Å²) < 4.78 is 4.74. The van der Waals surface area contributed by atoms with E-state index in [1.807, 2.05) is 0 Å². The second kappa shape index (κ2) is 7.09. The Bertz CT molecular complexity index is 465. The lowest BCUT2D eigenvalue weighted by molar-refractivity contribution is -0.384. The van der Waals surface area contributed by atoms with Gasteiger partial charge < -0.3 is 15.4 Å². The van der Waals surface area contributed by atoms with Gasteiger partial charge in [0.25, 0.3) is 0 Å². The molecule has 2 N–H and O–H groups in total. The number of nitrogens with zero attached hydrogens (tertiary/aromatic N) is 3. The Kier molecular flexibility index (Phi) is 5.45. The van der Waals surface area contributed by atoms with Crippen molar-refractivity contribution in [2.45, 2.75) is 13.3 Å². The van der Waals surface area contributed by atoms with Crippen molar-refractivity contribution in [3.63, 3.8) is 0 Å². The van der Waals surface area contributed by atoms with E-state index >= 15 is 0 Å². The molecule has 1 heterocycles. The summed E-state index contributed by atoms with van der Waals surface area (Å²) in [5.41, 5.74) is -0.247. The molecular weight excluding hydrogens is 254 g/mol. The van der Waals surface area contributed by atoms with Gasteiger partial charge in [0.05, 0.1) is 18.0 Å². The van der Waals surface area contributed by atoms with E-state index in [-0.39, 0.29) is 36.4 Å². The maximum absolute atomic E-state index is 11.1. The highest BCUT2D eigenvalue weighted by Crippen LogP contribution is 2.21. The summed E-state index contributed by atoms with van der Waals surface area (Å²) in [7, 11) is 1.60. The maximum atomic E-state index is 11.1. The van der Waals surface area contributed by atoms with E-state index in [0.717, 1.165) is 6.20 Å². The Morgan fingerprint density at radius 3 is 2.89 bits per heavy atom. The number of ether oxygens (including phenoxy) is 1. The summed E-state index contributed by atoms with van der Waals surface area (Å²) in [5.74, 6) is -0.0570. The molecule has 104 valence electrons. The van der Waals surface area contributed by atoms with Gasteiger partial charge in [-0.25, -0.2) is 4.98 Å². The molecule has 1 aromatic rings. The number of hydrogen-bond acceptors (Lipinski definition) is 8. The van der Waals surface area contributed by atoms with Gasteiger partial charge >= 0.3 is 11.7 Å². The van der Waals surface area contributed by atoms with E-state index in [2.05, 4.69) is 20.6 Å². The fraction of sp³-hybridized carbons (Fsp3) is 0.500. The van der Waals surface area contributed by atoms with Crippen LogP contribution in [0.3, 0.4) is 0 Å². The number of rotatable bonds is 7. The number of carbonyl (C=O) groups excluding carboxylic acids is 1. The molecule has 0 atom stereocenters. The third-order valence-corrected chi connectivity index (χ3v) is 2.12. The van der Waals surface area contributed by atoms with Crippen molar-refractivity contribution in [3.05, 3.63) is 16.3 Å². The minimum Gasteiger partial charge on any atom is -0.466 e. The van der Waals surface area contributed by atoms with Gasteiger partial charge in [0.2, 0.25) is 11.8 Å². The largest absolute Gasteiger partial charge is 0.466 e. The highest BCUT2D eigenvalue weighted by atomic mass is 16.6. The van der Waals surface area contributed by atoms with Crippen molar-refractivity contribution in [2.24, 2.45) is 0 Å².